The highest BCUT2D eigenvalue weighted by Gasteiger charge is 2.11. The zero-order valence-electron chi connectivity index (χ0n) is 11.8. The highest BCUT2D eigenvalue weighted by atomic mass is 32.2. The van der Waals surface area contributed by atoms with Crippen molar-refractivity contribution < 1.29 is 8.42 Å². The molecule has 0 radical (unpaired) electrons. The molecule has 4 nitrogen and oxygen atoms in total. The smallest absolute Gasteiger partial charge is 0.238 e. The molecule has 1 aliphatic carbocycles. The van der Waals surface area contributed by atoms with Gasteiger partial charge in [0.1, 0.15) is 0 Å². The van der Waals surface area contributed by atoms with E-state index in [-0.39, 0.29) is 4.90 Å². The summed E-state index contributed by atoms with van der Waals surface area (Å²) >= 11 is 0. The molecule has 20 heavy (non-hydrogen) atoms. The summed E-state index contributed by atoms with van der Waals surface area (Å²) in [7, 11) is -3.58. The Balaban J connectivity index is 1.86. The molecule has 1 fully saturated rings. The lowest BCUT2D eigenvalue weighted by Gasteiger charge is -2.21. The van der Waals surface area contributed by atoms with Gasteiger partial charge >= 0.3 is 0 Å². The van der Waals surface area contributed by atoms with Crippen LogP contribution in [0, 0.1) is 0 Å². The number of benzene rings is 1. The minimum atomic E-state index is -3.58. The average Bonchev–Trinajstić information content (AvgIpc) is 2.37. The number of sulfonamides is 1. The van der Waals surface area contributed by atoms with Crippen molar-refractivity contribution in [1.82, 2.24) is 5.32 Å². The van der Waals surface area contributed by atoms with Gasteiger partial charge in [0, 0.05) is 12.6 Å². The van der Waals surface area contributed by atoms with Crippen molar-refractivity contribution in [2.24, 2.45) is 5.14 Å². The Morgan fingerprint density at radius 1 is 1.00 bits per heavy atom. The van der Waals surface area contributed by atoms with E-state index in [9.17, 15) is 8.42 Å². The topological polar surface area (TPSA) is 72.2 Å². The molecule has 1 aliphatic rings. The molecule has 0 atom stereocenters. The normalized spacial score (nSPS) is 18.4. The molecule has 1 aromatic carbocycles. The van der Waals surface area contributed by atoms with Crippen LogP contribution in [0.5, 0.6) is 0 Å². The predicted molar refractivity (Wildman–Crippen MR) is 80.8 cm³/mol. The first-order valence-electron chi connectivity index (χ1n) is 7.41. The second-order valence-electron chi connectivity index (χ2n) is 5.61. The van der Waals surface area contributed by atoms with Crippen LogP contribution in [0.4, 0.5) is 0 Å². The summed E-state index contributed by atoms with van der Waals surface area (Å²) in [4.78, 5) is 0.173. The van der Waals surface area contributed by atoms with Crippen molar-refractivity contribution in [1.29, 1.82) is 0 Å². The van der Waals surface area contributed by atoms with Crippen LogP contribution in [-0.2, 0) is 16.6 Å². The van der Waals surface area contributed by atoms with Gasteiger partial charge in [-0.15, -0.1) is 0 Å². The van der Waals surface area contributed by atoms with Crippen molar-refractivity contribution in [2.45, 2.75) is 62.4 Å². The zero-order valence-corrected chi connectivity index (χ0v) is 12.7. The quantitative estimate of drug-likeness (QED) is 0.897. The third-order valence-corrected chi connectivity index (χ3v) is 4.88. The van der Waals surface area contributed by atoms with Gasteiger partial charge in [0.15, 0.2) is 0 Å². The zero-order chi connectivity index (χ0) is 14.4. The van der Waals surface area contributed by atoms with E-state index >= 15 is 0 Å². The van der Waals surface area contributed by atoms with Gasteiger partial charge in [-0.1, -0.05) is 44.2 Å². The fourth-order valence-electron chi connectivity index (χ4n) is 2.72. The Morgan fingerprint density at radius 2 is 1.55 bits per heavy atom. The van der Waals surface area contributed by atoms with E-state index < -0.39 is 10.0 Å². The van der Waals surface area contributed by atoms with Gasteiger partial charge in [-0.25, -0.2) is 13.6 Å². The molecule has 0 saturated heterocycles. The molecule has 0 spiro atoms. The molecule has 2 rings (SSSR count). The molecular formula is C15H24N2O2S. The van der Waals surface area contributed by atoms with Crippen molar-refractivity contribution in [3.05, 3.63) is 29.8 Å². The Hall–Kier alpha value is -0.910. The highest BCUT2D eigenvalue weighted by molar-refractivity contribution is 7.89. The fraction of sp³-hybridized carbons (Fsp3) is 0.600. The van der Waals surface area contributed by atoms with Crippen LogP contribution in [0.15, 0.2) is 29.2 Å². The van der Waals surface area contributed by atoms with E-state index in [1.807, 2.05) is 12.1 Å². The summed E-state index contributed by atoms with van der Waals surface area (Å²) in [6.45, 7) is 0.787. The van der Waals surface area contributed by atoms with Gasteiger partial charge < -0.3 is 5.32 Å². The van der Waals surface area contributed by atoms with Gasteiger partial charge in [0.25, 0.3) is 0 Å². The van der Waals surface area contributed by atoms with Crippen molar-refractivity contribution in [3.63, 3.8) is 0 Å². The monoisotopic (exact) mass is 296 g/mol. The maximum absolute atomic E-state index is 11.2. The van der Waals surface area contributed by atoms with Gasteiger partial charge in [-0.05, 0) is 30.5 Å². The minimum absolute atomic E-state index is 0.173. The Labute approximate surface area is 121 Å². The summed E-state index contributed by atoms with van der Waals surface area (Å²) in [5.41, 5.74) is 1.10. The van der Waals surface area contributed by atoms with E-state index in [1.54, 1.807) is 12.1 Å². The van der Waals surface area contributed by atoms with Gasteiger partial charge in [0.2, 0.25) is 10.0 Å². The first kappa shape index (κ1) is 15.5. The molecule has 0 heterocycles. The molecule has 5 heteroatoms. The predicted octanol–water partition coefficient (Wildman–Crippen LogP) is 2.54. The summed E-state index contributed by atoms with van der Waals surface area (Å²) in [6.07, 6.45) is 9.18. The highest BCUT2D eigenvalue weighted by Crippen LogP contribution is 2.17. The lowest BCUT2D eigenvalue weighted by molar-refractivity contribution is 0.389. The third-order valence-electron chi connectivity index (χ3n) is 3.95. The average molecular weight is 296 g/mol. The third kappa shape index (κ3) is 4.89. The SMILES string of the molecule is NS(=O)(=O)c1ccc(CNC2CCCCCCC2)cc1. The van der Waals surface area contributed by atoms with E-state index in [4.69, 9.17) is 5.14 Å². The van der Waals surface area contributed by atoms with Crippen LogP contribution in [0.1, 0.15) is 50.5 Å². The van der Waals surface area contributed by atoms with Crippen molar-refractivity contribution >= 4 is 10.0 Å². The second-order valence-corrected chi connectivity index (χ2v) is 7.17. The van der Waals surface area contributed by atoms with E-state index in [2.05, 4.69) is 5.32 Å². The lowest BCUT2D eigenvalue weighted by Crippen LogP contribution is -2.29. The Morgan fingerprint density at radius 3 is 2.10 bits per heavy atom. The number of primary sulfonamides is 1. The van der Waals surface area contributed by atoms with Gasteiger partial charge in [-0.3, -0.25) is 0 Å². The fourth-order valence-corrected chi connectivity index (χ4v) is 3.23. The number of nitrogens with two attached hydrogens (primary N) is 1. The van der Waals surface area contributed by atoms with Crippen molar-refractivity contribution in [3.8, 4) is 0 Å². The number of nitrogens with one attached hydrogen (secondary N) is 1. The van der Waals surface area contributed by atoms with Crippen LogP contribution in [0.3, 0.4) is 0 Å². The molecule has 0 aliphatic heterocycles. The van der Waals surface area contributed by atoms with Crippen LogP contribution in [-0.4, -0.2) is 14.5 Å². The molecule has 0 aromatic heterocycles. The largest absolute Gasteiger partial charge is 0.310 e. The van der Waals surface area contributed by atoms with E-state index in [1.165, 1.54) is 44.9 Å². The van der Waals surface area contributed by atoms with Crippen LogP contribution < -0.4 is 10.5 Å². The number of hydrogen-bond donors (Lipinski definition) is 2. The lowest BCUT2D eigenvalue weighted by atomic mass is 9.96. The molecule has 0 amide bonds. The first-order chi connectivity index (χ1) is 9.55. The van der Waals surface area contributed by atoms with Gasteiger partial charge in [-0.2, -0.15) is 0 Å². The second kappa shape index (κ2) is 7.20. The summed E-state index contributed by atoms with van der Waals surface area (Å²) < 4.78 is 22.4. The molecule has 112 valence electrons. The van der Waals surface area contributed by atoms with Gasteiger partial charge in [0.05, 0.1) is 4.90 Å². The Bertz CT molecular complexity index is 503. The van der Waals surface area contributed by atoms with Crippen LogP contribution >= 0.6 is 0 Å². The maximum atomic E-state index is 11.2. The standard InChI is InChI=1S/C15H24N2O2S/c16-20(18,19)15-10-8-13(9-11-15)12-17-14-6-4-2-1-3-5-7-14/h8-11,14,17H,1-7,12H2,(H2,16,18,19). The molecular weight excluding hydrogens is 272 g/mol. The van der Waals surface area contributed by atoms with Crippen LogP contribution in [0.25, 0.3) is 0 Å². The minimum Gasteiger partial charge on any atom is -0.310 e. The molecule has 0 unspecified atom stereocenters. The number of hydrogen-bond acceptors (Lipinski definition) is 3. The molecule has 3 N–H and O–H groups in total. The van der Waals surface area contributed by atoms with E-state index in [0.29, 0.717) is 6.04 Å². The molecule has 1 aromatic rings. The molecule has 0 bridgehead atoms. The van der Waals surface area contributed by atoms with Crippen LogP contribution in [0.2, 0.25) is 0 Å². The van der Waals surface area contributed by atoms with Crippen molar-refractivity contribution in [2.75, 3.05) is 0 Å². The molecule has 1 saturated carbocycles. The maximum Gasteiger partial charge on any atom is 0.238 e. The summed E-state index contributed by atoms with van der Waals surface area (Å²) in [5, 5.41) is 8.67. The first-order valence-corrected chi connectivity index (χ1v) is 8.95. The summed E-state index contributed by atoms with van der Waals surface area (Å²) in [5.74, 6) is 0. The summed E-state index contributed by atoms with van der Waals surface area (Å²) in [6, 6.07) is 7.40. The van der Waals surface area contributed by atoms with E-state index in [0.717, 1.165) is 12.1 Å². The number of rotatable bonds is 4. The Kier molecular flexibility index (Phi) is 5.57.